The van der Waals surface area contributed by atoms with E-state index >= 15 is 0 Å². The van der Waals surface area contributed by atoms with E-state index in [4.69, 9.17) is 16.3 Å². The Labute approximate surface area is 185 Å². The third kappa shape index (κ3) is 4.43. The predicted octanol–water partition coefficient (Wildman–Crippen LogP) is 1.32. The van der Waals surface area contributed by atoms with Gasteiger partial charge in [0.15, 0.2) is 0 Å². The average molecular weight is 443 g/mol. The fourth-order valence-electron chi connectivity index (χ4n) is 4.07. The summed E-state index contributed by atoms with van der Waals surface area (Å²) in [5.41, 5.74) is 2.19. The third-order valence-electron chi connectivity index (χ3n) is 5.57. The maximum Gasteiger partial charge on any atom is 0.269 e. The fourth-order valence-corrected chi connectivity index (χ4v) is 4.29. The molecule has 2 atom stereocenters. The number of rotatable bonds is 4. The van der Waals surface area contributed by atoms with Gasteiger partial charge in [0, 0.05) is 26.7 Å². The van der Waals surface area contributed by atoms with Gasteiger partial charge in [-0.1, -0.05) is 18.2 Å². The Balaban J connectivity index is 1.72. The number of carbonyl (C=O) groups is 2. The minimum absolute atomic E-state index is 0.0777. The van der Waals surface area contributed by atoms with Gasteiger partial charge in [-0.2, -0.15) is 0 Å². The zero-order valence-electron chi connectivity index (χ0n) is 17.1. The molecule has 1 N–H and O–H groups in total. The molecule has 0 radical (unpaired) electrons. The lowest BCUT2D eigenvalue weighted by Gasteiger charge is -2.48. The molecule has 0 saturated carbocycles. The first-order valence-electron chi connectivity index (χ1n) is 9.97. The Bertz CT molecular complexity index is 1020. The van der Waals surface area contributed by atoms with Crippen molar-refractivity contribution in [3.8, 4) is 11.4 Å². The number of halogens is 1. The van der Waals surface area contributed by atoms with Crippen LogP contribution in [0.1, 0.15) is 22.1 Å². The Morgan fingerprint density at radius 1 is 1.26 bits per heavy atom. The quantitative estimate of drug-likeness (QED) is 0.563. The van der Waals surface area contributed by atoms with E-state index in [1.54, 1.807) is 11.0 Å². The minimum atomic E-state index is -0.312. The number of pyridine rings is 1. The number of hydrogen-bond acceptors (Lipinski definition) is 7. The number of aromatic nitrogens is 3. The largest absolute Gasteiger partial charge is 0.378 e. The van der Waals surface area contributed by atoms with Gasteiger partial charge in [0.25, 0.3) is 5.91 Å². The number of nitrogens with zero attached hydrogens (tertiary/aromatic N) is 5. The highest BCUT2D eigenvalue weighted by Gasteiger charge is 2.38. The van der Waals surface area contributed by atoms with Crippen molar-refractivity contribution in [1.82, 2.24) is 30.1 Å². The van der Waals surface area contributed by atoms with E-state index < -0.39 is 0 Å². The predicted molar refractivity (Wildman–Crippen MR) is 114 cm³/mol. The number of carbonyl (C=O) groups excluding carboxylic acids is 2. The number of nitrogens with one attached hydrogen (secondary N) is 1. The van der Waals surface area contributed by atoms with Gasteiger partial charge in [-0.05, 0) is 29.8 Å². The topological polar surface area (TPSA) is 101 Å². The van der Waals surface area contributed by atoms with Crippen LogP contribution in [0.5, 0.6) is 0 Å². The first-order valence-corrected chi connectivity index (χ1v) is 10.3. The van der Waals surface area contributed by atoms with Crippen molar-refractivity contribution in [3.63, 3.8) is 0 Å². The lowest BCUT2D eigenvalue weighted by Crippen LogP contribution is -2.60. The average Bonchev–Trinajstić information content (AvgIpc) is 2.81. The van der Waals surface area contributed by atoms with E-state index in [-0.39, 0.29) is 29.6 Å². The normalized spacial score (nSPS) is 21.3. The number of fused-ring (bicyclic) bond motifs is 1. The fraction of sp³-hybridized carbons (Fsp3) is 0.381. The Kier molecular flexibility index (Phi) is 6.26. The molecule has 2 aliphatic heterocycles. The van der Waals surface area contributed by atoms with Crippen LogP contribution in [0.3, 0.4) is 0 Å². The summed E-state index contributed by atoms with van der Waals surface area (Å²) in [6.07, 6.45) is 2.66. The second kappa shape index (κ2) is 9.09. The third-order valence-corrected chi connectivity index (χ3v) is 5.77. The van der Waals surface area contributed by atoms with Crippen LogP contribution >= 0.6 is 11.6 Å². The molecular formula is C21H23ClN6O3. The highest BCUT2D eigenvalue weighted by molar-refractivity contribution is 6.29. The highest BCUT2D eigenvalue weighted by atomic mass is 35.5. The summed E-state index contributed by atoms with van der Waals surface area (Å²) < 4.78 is 5.65. The van der Waals surface area contributed by atoms with Crippen LogP contribution in [-0.4, -0.2) is 82.5 Å². The summed E-state index contributed by atoms with van der Waals surface area (Å²) in [6, 6.07) is 5.30. The second-order valence-corrected chi connectivity index (χ2v) is 7.79. The van der Waals surface area contributed by atoms with Crippen LogP contribution in [0.4, 0.5) is 0 Å². The van der Waals surface area contributed by atoms with Gasteiger partial charge < -0.3 is 15.0 Å². The molecule has 2 aliphatic rings. The number of ether oxygens (including phenoxy) is 1. The van der Waals surface area contributed by atoms with Crippen molar-refractivity contribution in [2.24, 2.45) is 0 Å². The molecule has 162 valence electrons. The van der Waals surface area contributed by atoms with Crippen LogP contribution < -0.4 is 5.32 Å². The molecule has 1 unspecified atom stereocenters. The number of piperazine rings is 1. The zero-order valence-corrected chi connectivity index (χ0v) is 17.9. The molecule has 2 amide bonds. The van der Waals surface area contributed by atoms with Crippen molar-refractivity contribution >= 4 is 23.4 Å². The van der Waals surface area contributed by atoms with Gasteiger partial charge in [-0.3, -0.25) is 14.5 Å². The van der Waals surface area contributed by atoms with Gasteiger partial charge in [0.1, 0.15) is 17.2 Å². The van der Waals surface area contributed by atoms with Crippen LogP contribution in [0, 0.1) is 0 Å². The van der Waals surface area contributed by atoms with E-state index in [9.17, 15) is 9.59 Å². The Hall–Kier alpha value is -2.88. The zero-order chi connectivity index (χ0) is 22.0. The van der Waals surface area contributed by atoms with Gasteiger partial charge >= 0.3 is 0 Å². The SMILES string of the molecule is C=CC(=O)N1CC2COCCN2[C@@H](c2cc(Cl)nc(-c3cc(C(=O)NC)ncn3)c2)C1. The minimum Gasteiger partial charge on any atom is -0.378 e. The van der Waals surface area contributed by atoms with Crippen molar-refractivity contribution in [2.75, 3.05) is 39.9 Å². The van der Waals surface area contributed by atoms with Crippen LogP contribution in [-0.2, 0) is 9.53 Å². The summed E-state index contributed by atoms with van der Waals surface area (Å²) in [5, 5.41) is 2.86. The maximum absolute atomic E-state index is 12.4. The van der Waals surface area contributed by atoms with E-state index in [0.717, 1.165) is 12.1 Å². The van der Waals surface area contributed by atoms with E-state index in [1.165, 1.54) is 19.5 Å². The summed E-state index contributed by atoms with van der Waals surface area (Å²) in [6.45, 7) is 6.67. The summed E-state index contributed by atoms with van der Waals surface area (Å²) in [4.78, 5) is 41.1. The van der Waals surface area contributed by atoms with Crippen molar-refractivity contribution in [3.05, 3.63) is 53.6 Å². The van der Waals surface area contributed by atoms with E-state index in [0.29, 0.717) is 42.8 Å². The molecule has 9 nitrogen and oxygen atoms in total. The lowest BCUT2D eigenvalue weighted by atomic mass is 9.97. The molecule has 4 heterocycles. The molecule has 0 bridgehead atoms. The summed E-state index contributed by atoms with van der Waals surface area (Å²) in [7, 11) is 1.54. The van der Waals surface area contributed by atoms with Crippen LogP contribution in [0.25, 0.3) is 11.4 Å². The highest BCUT2D eigenvalue weighted by Crippen LogP contribution is 2.33. The van der Waals surface area contributed by atoms with E-state index in [1.807, 2.05) is 12.1 Å². The molecule has 31 heavy (non-hydrogen) atoms. The number of morpholine rings is 1. The molecule has 0 spiro atoms. The molecule has 4 rings (SSSR count). The monoisotopic (exact) mass is 442 g/mol. The second-order valence-electron chi connectivity index (χ2n) is 7.41. The molecule has 2 aromatic rings. The van der Waals surface area contributed by atoms with Gasteiger partial charge in [0.2, 0.25) is 5.91 Å². The summed E-state index contributed by atoms with van der Waals surface area (Å²) >= 11 is 6.38. The van der Waals surface area contributed by atoms with Gasteiger partial charge in [0.05, 0.1) is 36.7 Å². The van der Waals surface area contributed by atoms with Crippen molar-refractivity contribution in [1.29, 1.82) is 0 Å². The van der Waals surface area contributed by atoms with Crippen LogP contribution in [0.2, 0.25) is 5.15 Å². The number of hydrogen-bond donors (Lipinski definition) is 1. The van der Waals surface area contributed by atoms with Crippen molar-refractivity contribution in [2.45, 2.75) is 12.1 Å². The number of amides is 2. The Morgan fingerprint density at radius 2 is 2.10 bits per heavy atom. The van der Waals surface area contributed by atoms with Gasteiger partial charge in [-0.25, -0.2) is 15.0 Å². The molecule has 2 fully saturated rings. The first kappa shape index (κ1) is 21.4. The van der Waals surface area contributed by atoms with Gasteiger partial charge in [-0.15, -0.1) is 0 Å². The lowest BCUT2D eigenvalue weighted by molar-refractivity contribution is -0.135. The summed E-state index contributed by atoms with van der Waals surface area (Å²) in [5.74, 6) is -0.422. The molecule has 0 aliphatic carbocycles. The Morgan fingerprint density at radius 3 is 2.87 bits per heavy atom. The smallest absolute Gasteiger partial charge is 0.269 e. The molecule has 10 heteroatoms. The molecule has 2 aromatic heterocycles. The molecular weight excluding hydrogens is 420 g/mol. The maximum atomic E-state index is 12.4. The van der Waals surface area contributed by atoms with Crippen LogP contribution in [0.15, 0.2) is 37.2 Å². The molecule has 0 aromatic carbocycles. The van der Waals surface area contributed by atoms with E-state index in [2.05, 4.69) is 31.7 Å². The molecule has 2 saturated heterocycles. The standard InChI is InChI=1S/C21H23ClN6O3/c1-3-20(29)27-9-14-11-31-5-4-28(14)18(10-27)13-6-16(26-19(22)7-13)15-8-17(21(30)23-2)25-12-24-15/h3,6-8,12,14,18H,1,4-5,9-11H2,2H3,(H,23,30)/t14?,18-/m1/s1. The first-order chi connectivity index (χ1) is 15.0. The van der Waals surface area contributed by atoms with Crippen molar-refractivity contribution < 1.29 is 14.3 Å².